The molecule has 0 saturated heterocycles. The van der Waals surface area contributed by atoms with E-state index in [1.54, 1.807) is 0 Å². The number of methoxy groups -OCH3 is 1. The molecular weight excluding hydrogens is 353 g/mol. The number of benzene rings is 1. The van der Waals surface area contributed by atoms with Crippen LogP contribution in [-0.2, 0) is 24.1 Å². The standard InChI is InChI=1S/C18H22FN5O3/c1-27-17(25)12-6-7-13(19)14(11-12)21-18(26)20-9-8-16-23-22-15-5-3-2-4-10-24(15)16/h6-7,11H,2-5,8-10H2,1H3,(H2,20,21,26). The number of ether oxygens (including phenoxy) is 1. The van der Waals surface area contributed by atoms with Gasteiger partial charge in [-0.15, -0.1) is 10.2 Å². The number of aromatic nitrogens is 3. The van der Waals surface area contributed by atoms with Gasteiger partial charge in [-0.3, -0.25) is 0 Å². The summed E-state index contributed by atoms with van der Waals surface area (Å²) in [5.74, 6) is 0.589. The molecular formula is C18H22FN5O3. The van der Waals surface area contributed by atoms with Crippen molar-refractivity contribution in [2.24, 2.45) is 0 Å². The molecule has 1 aliphatic heterocycles. The van der Waals surface area contributed by atoms with E-state index in [0.29, 0.717) is 13.0 Å². The molecule has 8 nitrogen and oxygen atoms in total. The third-order valence-corrected chi connectivity index (χ3v) is 4.46. The van der Waals surface area contributed by atoms with Gasteiger partial charge in [0.1, 0.15) is 17.5 Å². The van der Waals surface area contributed by atoms with E-state index in [2.05, 4.69) is 30.1 Å². The summed E-state index contributed by atoms with van der Waals surface area (Å²) in [4.78, 5) is 23.6. The fraction of sp³-hybridized carbons (Fsp3) is 0.444. The number of amides is 2. The van der Waals surface area contributed by atoms with Crippen LogP contribution in [0.2, 0.25) is 0 Å². The Bertz CT molecular complexity index is 836. The van der Waals surface area contributed by atoms with Gasteiger partial charge in [0.15, 0.2) is 0 Å². The predicted octanol–water partition coefficient (Wildman–Crippen LogP) is 2.29. The number of anilines is 1. The van der Waals surface area contributed by atoms with Gasteiger partial charge < -0.3 is 19.9 Å². The zero-order chi connectivity index (χ0) is 19.2. The molecule has 3 rings (SSSR count). The number of carbonyl (C=O) groups excluding carboxylic acids is 2. The summed E-state index contributed by atoms with van der Waals surface area (Å²) in [5.41, 5.74) is 0.0621. The van der Waals surface area contributed by atoms with Crippen molar-refractivity contribution < 1.29 is 18.7 Å². The minimum Gasteiger partial charge on any atom is -0.465 e. The number of aryl methyl sites for hydroxylation is 1. The number of urea groups is 1. The zero-order valence-corrected chi connectivity index (χ0v) is 15.1. The molecule has 2 N–H and O–H groups in total. The first-order valence-corrected chi connectivity index (χ1v) is 8.92. The van der Waals surface area contributed by atoms with Gasteiger partial charge in [0.2, 0.25) is 0 Å². The Morgan fingerprint density at radius 2 is 2.11 bits per heavy atom. The second-order valence-corrected chi connectivity index (χ2v) is 6.31. The molecule has 0 aliphatic carbocycles. The van der Waals surface area contributed by atoms with E-state index in [1.165, 1.54) is 25.7 Å². The third kappa shape index (κ3) is 4.60. The Morgan fingerprint density at radius 3 is 2.93 bits per heavy atom. The molecule has 0 fully saturated rings. The van der Waals surface area contributed by atoms with Crippen molar-refractivity contribution in [3.63, 3.8) is 0 Å². The molecule has 27 heavy (non-hydrogen) atoms. The average Bonchev–Trinajstić information content (AvgIpc) is 2.89. The van der Waals surface area contributed by atoms with E-state index >= 15 is 0 Å². The van der Waals surface area contributed by atoms with Crippen LogP contribution in [-0.4, -0.2) is 40.4 Å². The molecule has 0 spiro atoms. The Morgan fingerprint density at radius 1 is 1.26 bits per heavy atom. The van der Waals surface area contributed by atoms with Crippen LogP contribution in [0.1, 0.15) is 41.3 Å². The smallest absolute Gasteiger partial charge is 0.337 e. The second kappa shape index (κ2) is 8.61. The lowest BCUT2D eigenvalue weighted by Gasteiger charge is -2.10. The van der Waals surface area contributed by atoms with Crippen LogP contribution in [0.4, 0.5) is 14.9 Å². The molecule has 1 aromatic heterocycles. The van der Waals surface area contributed by atoms with Crippen LogP contribution < -0.4 is 10.6 Å². The molecule has 144 valence electrons. The summed E-state index contributed by atoms with van der Waals surface area (Å²) in [5, 5.41) is 13.5. The number of carbonyl (C=O) groups is 2. The first kappa shape index (κ1) is 18.8. The fourth-order valence-corrected chi connectivity index (χ4v) is 3.05. The minimum absolute atomic E-state index is 0.0910. The Kier molecular flexibility index (Phi) is 6.00. The van der Waals surface area contributed by atoms with Gasteiger partial charge >= 0.3 is 12.0 Å². The van der Waals surface area contributed by atoms with Gasteiger partial charge in [0.05, 0.1) is 18.4 Å². The Hall–Kier alpha value is -2.97. The first-order chi connectivity index (χ1) is 13.1. The van der Waals surface area contributed by atoms with Crippen LogP contribution in [0.25, 0.3) is 0 Å². The molecule has 1 aliphatic rings. The Balaban J connectivity index is 1.55. The van der Waals surface area contributed by atoms with Crippen LogP contribution >= 0.6 is 0 Å². The van der Waals surface area contributed by atoms with Crippen molar-refractivity contribution in [2.45, 2.75) is 38.6 Å². The van der Waals surface area contributed by atoms with E-state index in [4.69, 9.17) is 0 Å². The highest BCUT2D eigenvalue weighted by molar-refractivity contribution is 5.94. The van der Waals surface area contributed by atoms with Crippen molar-refractivity contribution in [3.8, 4) is 0 Å². The number of hydrogen-bond acceptors (Lipinski definition) is 5. The van der Waals surface area contributed by atoms with Gasteiger partial charge in [-0.1, -0.05) is 6.42 Å². The summed E-state index contributed by atoms with van der Waals surface area (Å²) < 4.78 is 20.6. The molecule has 0 unspecified atom stereocenters. The number of rotatable bonds is 5. The van der Waals surface area contributed by atoms with E-state index in [0.717, 1.165) is 43.5 Å². The molecule has 1 aromatic carbocycles. The van der Waals surface area contributed by atoms with Gasteiger partial charge in [-0.2, -0.15) is 0 Å². The maximum absolute atomic E-state index is 13.9. The molecule has 2 amide bonds. The second-order valence-electron chi connectivity index (χ2n) is 6.31. The van der Waals surface area contributed by atoms with Crippen LogP contribution in [0.3, 0.4) is 0 Å². The van der Waals surface area contributed by atoms with Gasteiger partial charge in [0.25, 0.3) is 0 Å². The third-order valence-electron chi connectivity index (χ3n) is 4.46. The summed E-state index contributed by atoms with van der Waals surface area (Å²) >= 11 is 0. The lowest BCUT2D eigenvalue weighted by molar-refractivity contribution is 0.0600. The molecule has 0 atom stereocenters. The largest absolute Gasteiger partial charge is 0.465 e. The SMILES string of the molecule is COC(=O)c1ccc(F)c(NC(=O)NCCc2nnc3n2CCCCC3)c1. The molecule has 9 heteroatoms. The highest BCUT2D eigenvalue weighted by Gasteiger charge is 2.15. The number of hydrogen-bond donors (Lipinski definition) is 2. The van der Waals surface area contributed by atoms with Crippen molar-refractivity contribution in [1.82, 2.24) is 20.1 Å². The van der Waals surface area contributed by atoms with Crippen molar-refractivity contribution >= 4 is 17.7 Å². The highest BCUT2D eigenvalue weighted by Crippen LogP contribution is 2.17. The number of fused-ring (bicyclic) bond motifs is 1. The lowest BCUT2D eigenvalue weighted by atomic mass is 10.2. The quantitative estimate of drug-likeness (QED) is 0.782. The first-order valence-electron chi connectivity index (χ1n) is 8.92. The Labute approximate surface area is 156 Å². The fourth-order valence-electron chi connectivity index (χ4n) is 3.05. The maximum Gasteiger partial charge on any atom is 0.337 e. The van der Waals surface area contributed by atoms with Crippen LogP contribution in [0.5, 0.6) is 0 Å². The molecule has 2 heterocycles. The minimum atomic E-state index is -0.638. The summed E-state index contributed by atoms with van der Waals surface area (Å²) in [6, 6.07) is 3.07. The van der Waals surface area contributed by atoms with E-state index in [1.807, 2.05) is 0 Å². The number of halogens is 1. The van der Waals surface area contributed by atoms with Gasteiger partial charge in [-0.05, 0) is 31.0 Å². The summed E-state index contributed by atoms with van der Waals surface area (Å²) in [6.45, 7) is 1.23. The molecule has 0 radical (unpaired) electrons. The normalized spacial score (nSPS) is 13.4. The lowest BCUT2D eigenvalue weighted by Crippen LogP contribution is -2.31. The molecule has 0 bridgehead atoms. The predicted molar refractivity (Wildman–Crippen MR) is 96.0 cm³/mol. The van der Waals surface area contributed by atoms with Crippen molar-refractivity contribution in [1.29, 1.82) is 0 Å². The number of nitrogens with zero attached hydrogens (tertiary/aromatic N) is 3. The van der Waals surface area contributed by atoms with E-state index in [-0.39, 0.29) is 11.3 Å². The summed E-state index contributed by atoms with van der Waals surface area (Å²) in [6.07, 6.45) is 4.86. The number of esters is 1. The van der Waals surface area contributed by atoms with Crippen LogP contribution in [0.15, 0.2) is 18.2 Å². The van der Waals surface area contributed by atoms with E-state index in [9.17, 15) is 14.0 Å². The number of nitrogens with one attached hydrogen (secondary N) is 2. The molecule has 2 aromatic rings. The van der Waals surface area contributed by atoms with Crippen molar-refractivity contribution in [2.75, 3.05) is 19.0 Å². The van der Waals surface area contributed by atoms with Crippen LogP contribution in [0, 0.1) is 5.82 Å². The van der Waals surface area contributed by atoms with Gasteiger partial charge in [-0.25, -0.2) is 14.0 Å². The topological polar surface area (TPSA) is 98.1 Å². The molecule has 0 saturated carbocycles. The van der Waals surface area contributed by atoms with Crippen molar-refractivity contribution in [3.05, 3.63) is 41.2 Å². The maximum atomic E-state index is 13.9. The summed E-state index contributed by atoms with van der Waals surface area (Å²) in [7, 11) is 1.23. The zero-order valence-electron chi connectivity index (χ0n) is 15.1. The average molecular weight is 375 g/mol. The van der Waals surface area contributed by atoms with E-state index < -0.39 is 17.8 Å². The highest BCUT2D eigenvalue weighted by atomic mass is 19.1. The monoisotopic (exact) mass is 375 g/mol. The van der Waals surface area contributed by atoms with Gasteiger partial charge in [0, 0.05) is 25.9 Å².